The molecular weight excluding hydrogens is 420 g/mol. The predicted octanol–water partition coefficient (Wildman–Crippen LogP) is 4.57. The fourth-order valence-electron chi connectivity index (χ4n) is 2.72. The lowest BCUT2D eigenvalue weighted by molar-refractivity contribution is 0.0977. The van der Waals surface area contributed by atoms with Gasteiger partial charge in [0.2, 0.25) is 0 Å². The number of amides is 1. The molecule has 0 heterocycles. The summed E-state index contributed by atoms with van der Waals surface area (Å²) in [5.41, 5.74) is 1.04. The van der Waals surface area contributed by atoms with Crippen LogP contribution >= 0.6 is 12.2 Å². The summed E-state index contributed by atoms with van der Waals surface area (Å²) in [5.74, 6) is 0.389. The van der Waals surface area contributed by atoms with Crippen molar-refractivity contribution >= 4 is 38.8 Å². The van der Waals surface area contributed by atoms with Crippen LogP contribution in [0.1, 0.15) is 49.4 Å². The first-order valence-electron chi connectivity index (χ1n) is 9.95. The van der Waals surface area contributed by atoms with Crippen LogP contribution in [-0.4, -0.2) is 32.3 Å². The molecule has 0 radical (unpaired) electrons. The van der Waals surface area contributed by atoms with Gasteiger partial charge in [0.1, 0.15) is 5.75 Å². The number of rotatable bonds is 10. The molecule has 30 heavy (non-hydrogen) atoms. The van der Waals surface area contributed by atoms with Crippen molar-refractivity contribution in [1.29, 1.82) is 0 Å². The zero-order valence-electron chi connectivity index (χ0n) is 17.3. The summed E-state index contributed by atoms with van der Waals surface area (Å²) in [7, 11) is -3.26. The number of hydrogen-bond donors (Lipinski definition) is 2. The van der Waals surface area contributed by atoms with E-state index in [9.17, 15) is 13.2 Å². The molecule has 2 aromatic carbocycles. The number of unbranched alkanes of at least 4 members (excludes halogenated alkanes) is 4. The number of anilines is 1. The fourth-order valence-corrected chi connectivity index (χ4v) is 3.56. The number of carbonyl (C=O) groups excluding carboxylic acids is 1. The minimum Gasteiger partial charge on any atom is -0.494 e. The van der Waals surface area contributed by atoms with Crippen molar-refractivity contribution in [2.75, 3.05) is 18.2 Å². The second-order valence-corrected chi connectivity index (χ2v) is 9.42. The van der Waals surface area contributed by atoms with Crippen molar-refractivity contribution < 1.29 is 17.9 Å². The maximum Gasteiger partial charge on any atom is 0.257 e. The van der Waals surface area contributed by atoms with Gasteiger partial charge in [-0.1, -0.05) is 32.6 Å². The maximum absolute atomic E-state index is 12.3. The van der Waals surface area contributed by atoms with Crippen LogP contribution in [0, 0.1) is 0 Å². The highest BCUT2D eigenvalue weighted by molar-refractivity contribution is 7.90. The van der Waals surface area contributed by atoms with Crippen molar-refractivity contribution in [3.63, 3.8) is 0 Å². The number of carbonyl (C=O) groups is 1. The molecule has 2 N–H and O–H groups in total. The molecule has 0 saturated carbocycles. The molecule has 8 heteroatoms. The Morgan fingerprint density at radius 3 is 2.20 bits per heavy atom. The Morgan fingerprint density at radius 1 is 0.967 bits per heavy atom. The molecule has 6 nitrogen and oxygen atoms in total. The summed E-state index contributed by atoms with van der Waals surface area (Å²) in [5, 5.41) is 5.59. The van der Waals surface area contributed by atoms with Gasteiger partial charge in [-0.05, 0) is 67.2 Å². The van der Waals surface area contributed by atoms with Gasteiger partial charge >= 0.3 is 0 Å². The third-order valence-corrected chi connectivity index (χ3v) is 5.73. The number of nitrogens with one attached hydrogen (secondary N) is 2. The molecule has 162 valence electrons. The Balaban J connectivity index is 1.80. The summed E-state index contributed by atoms with van der Waals surface area (Å²) in [6.07, 6.45) is 7.04. The van der Waals surface area contributed by atoms with Crippen LogP contribution in [0.2, 0.25) is 0 Å². The smallest absolute Gasteiger partial charge is 0.257 e. The van der Waals surface area contributed by atoms with Gasteiger partial charge in [-0.2, -0.15) is 0 Å². The van der Waals surface area contributed by atoms with Crippen molar-refractivity contribution in [2.45, 2.75) is 43.9 Å². The Labute approximate surface area is 183 Å². The van der Waals surface area contributed by atoms with Crippen LogP contribution < -0.4 is 15.4 Å². The lowest BCUT2D eigenvalue weighted by Crippen LogP contribution is -2.34. The molecule has 0 aliphatic rings. The highest BCUT2D eigenvalue weighted by Crippen LogP contribution is 2.15. The van der Waals surface area contributed by atoms with Crippen molar-refractivity contribution in [3.05, 3.63) is 54.1 Å². The van der Waals surface area contributed by atoms with Gasteiger partial charge in [0.05, 0.1) is 11.5 Å². The average Bonchev–Trinajstić information content (AvgIpc) is 2.70. The van der Waals surface area contributed by atoms with E-state index in [1.165, 1.54) is 31.4 Å². The molecule has 2 aromatic rings. The number of hydrogen-bond acceptors (Lipinski definition) is 5. The van der Waals surface area contributed by atoms with E-state index >= 15 is 0 Å². The Bertz CT molecular complexity index is 940. The molecule has 0 saturated heterocycles. The molecule has 0 spiro atoms. The summed E-state index contributed by atoms with van der Waals surface area (Å²) >= 11 is 5.16. The number of thiocarbonyl (C=S) groups is 1. The molecule has 0 fully saturated rings. The molecule has 0 atom stereocenters. The van der Waals surface area contributed by atoms with E-state index < -0.39 is 9.84 Å². The van der Waals surface area contributed by atoms with Gasteiger partial charge in [0.15, 0.2) is 14.9 Å². The van der Waals surface area contributed by atoms with Gasteiger partial charge in [-0.3, -0.25) is 10.1 Å². The van der Waals surface area contributed by atoms with Crippen LogP contribution in [0.5, 0.6) is 5.75 Å². The molecule has 0 aromatic heterocycles. The molecule has 0 aliphatic carbocycles. The van der Waals surface area contributed by atoms with E-state index in [1.54, 1.807) is 36.4 Å². The van der Waals surface area contributed by atoms with E-state index in [0.29, 0.717) is 17.9 Å². The van der Waals surface area contributed by atoms with Gasteiger partial charge < -0.3 is 10.1 Å². The van der Waals surface area contributed by atoms with Gasteiger partial charge in [-0.15, -0.1) is 0 Å². The first kappa shape index (κ1) is 23.8. The summed E-state index contributed by atoms with van der Waals surface area (Å²) in [4.78, 5) is 12.6. The van der Waals surface area contributed by atoms with Crippen LogP contribution in [0.3, 0.4) is 0 Å². The normalized spacial score (nSPS) is 11.0. The monoisotopic (exact) mass is 448 g/mol. The minimum atomic E-state index is -3.26. The number of ether oxygens (including phenoxy) is 1. The lowest BCUT2D eigenvalue weighted by atomic mass is 10.2. The molecular formula is C22H28N2O4S2. The zero-order valence-corrected chi connectivity index (χ0v) is 18.9. The van der Waals surface area contributed by atoms with Gasteiger partial charge in [0, 0.05) is 17.5 Å². The first-order valence-corrected chi connectivity index (χ1v) is 12.2. The second kappa shape index (κ2) is 11.7. The predicted molar refractivity (Wildman–Crippen MR) is 124 cm³/mol. The quantitative estimate of drug-likeness (QED) is 0.409. The SMILES string of the molecule is CCCCCCCOc1ccc(C(=O)NC(=S)Nc2ccc(S(C)(=O)=O)cc2)cc1. The van der Waals surface area contributed by atoms with Crippen LogP contribution in [0.25, 0.3) is 0 Å². The second-order valence-electron chi connectivity index (χ2n) is 6.99. The van der Waals surface area contributed by atoms with Crippen molar-refractivity contribution in [2.24, 2.45) is 0 Å². The van der Waals surface area contributed by atoms with E-state index in [1.807, 2.05) is 0 Å². The van der Waals surface area contributed by atoms with E-state index in [0.717, 1.165) is 24.8 Å². The third-order valence-electron chi connectivity index (χ3n) is 4.40. The van der Waals surface area contributed by atoms with Crippen molar-refractivity contribution in [3.8, 4) is 5.75 Å². The molecule has 0 bridgehead atoms. The molecule has 1 amide bonds. The largest absolute Gasteiger partial charge is 0.494 e. The summed E-state index contributed by atoms with van der Waals surface area (Å²) in [6, 6.07) is 13.0. The molecule has 0 unspecified atom stereocenters. The first-order chi connectivity index (χ1) is 14.3. The Morgan fingerprint density at radius 2 is 1.60 bits per heavy atom. The highest BCUT2D eigenvalue weighted by Gasteiger charge is 2.10. The van der Waals surface area contributed by atoms with Crippen LogP contribution in [-0.2, 0) is 9.84 Å². The topological polar surface area (TPSA) is 84.5 Å². The van der Waals surface area contributed by atoms with Crippen LogP contribution in [0.4, 0.5) is 5.69 Å². The summed E-state index contributed by atoms with van der Waals surface area (Å²) in [6.45, 7) is 2.86. The van der Waals surface area contributed by atoms with Crippen LogP contribution in [0.15, 0.2) is 53.4 Å². The highest BCUT2D eigenvalue weighted by atomic mass is 32.2. The van der Waals surface area contributed by atoms with E-state index in [2.05, 4.69) is 17.6 Å². The van der Waals surface area contributed by atoms with E-state index in [-0.39, 0.29) is 15.9 Å². The number of benzene rings is 2. The van der Waals surface area contributed by atoms with Gasteiger partial charge in [-0.25, -0.2) is 8.42 Å². The lowest BCUT2D eigenvalue weighted by Gasteiger charge is -2.11. The van der Waals surface area contributed by atoms with E-state index in [4.69, 9.17) is 17.0 Å². The van der Waals surface area contributed by atoms with Gasteiger partial charge in [0.25, 0.3) is 5.91 Å². The number of sulfone groups is 1. The Kier molecular flexibility index (Phi) is 9.26. The minimum absolute atomic E-state index is 0.125. The zero-order chi connectivity index (χ0) is 22.0. The maximum atomic E-state index is 12.3. The molecule has 0 aliphatic heterocycles. The Hall–Kier alpha value is -2.45. The fraction of sp³-hybridized carbons (Fsp3) is 0.364. The summed E-state index contributed by atoms with van der Waals surface area (Å²) < 4.78 is 28.7. The average molecular weight is 449 g/mol. The van der Waals surface area contributed by atoms with Crippen molar-refractivity contribution in [1.82, 2.24) is 5.32 Å². The third kappa shape index (κ3) is 8.12. The molecule has 2 rings (SSSR count). The standard InChI is InChI=1S/C22H28N2O4S2/c1-3-4-5-6-7-16-28-19-12-8-17(9-13-19)21(25)24-22(29)23-18-10-14-20(15-11-18)30(2,26)27/h8-15H,3-7,16H2,1-2H3,(H2,23,24,25,29).